The highest BCUT2D eigenvalue weighted by Crippen LogP contribution is 2.26. The zero-order chi connectivity index (χ0) is 21.0. The molecular weight excluding hydrogens is 386 g/mol. The Kier molecular flexibility index (Phi) is 6.69. The molecule has 0 unspecified atom stereocenters. The Bertz CT molecular complexity index is 881. The lowest BCUT2D eigenvalue weighted by Crippen LogP contribution is -2.50. The zero-order valence-corrected chi connectivity index (χ0v) is 17.9. The van der Waals surface area contributed by atoms with Crippen LogP contribution in [0, 0.1) is 0 Å². The van der Waals surface area contributed by atoms with Crippen molar-refractivity contribution in [3.8, 4) is 0 Å². The Morgan fingerprint density at radius 1 is 1.00 bits per heavy atom. The average molecular weight is 414 g/mol. The molecule has 1 saturated heterocycles. The highest BCUT2D eigenvalue weighted by atomic mass is 32.1. The van der Waals surface area contributed by atoms with E-state index in [0.29, 0.717) is 54.6 Å². The van der Waals surface area contributed by atoms with Gasteiger partial charge in [0, 0.05) is 38.2 Å². The van der Waals surface area contributed by atoms with Crippen LogP contribution in [-0.4, -0.2) is 53.7 Å². The number of benzene rings is 1. The molecule has 7 heteroatoms. The van der Waals surface area contributed by atoms with Crippen molar-refractivity contribution in [3.05, 3.63) is 52.4 Å². The van der Waals surface area contributed by atoms with Crippen LogP contribution in [0.1, 0.15) is 59.4 Å². The van der Waals surface area contributed by atoms with Crippen LogP contribution in [0.5, 0.6) is 0 Å². The molecule has 0 aliphatic carbocycles. The second-order valence-electron chi connectivity index (χ2n) is 7.42. The normalized spacial score (nSPS) is 14.2. The van der Waals surface area contributed by atoms with E-state index in [2.05, 4.69) is 19.2 Å². The summed E-state index contributed by atoms with van der Waals surface area (Å²) in [6.45, 7) is 8.16. The topological polar surface area (TPSA) is 69.7 Å². The minimum absolute atomic E-state index is 0.111. The lowest BCUT2D eigenvalue weighted by Gasteiger charge is -2.34. The largest absolute Gasteiger partial charge is 0.339 e. The number of hydrogen-bond donors (Lipinski definition) is 1. The Balaban J connectivity index is 1.65. The second kappa shape index (κ2) is 9.22. The molecule has 0 spiro atoms. The second-order valence-corrected chi connectivity index (χ2v) is 8.34. The fourth-order valence-corrected chi connectivity index (χ4v) is 4.10. The van der Waals surface area contributed by atoms with Gasteiger partial charge in [-0.3, -0.25) is 14.4 Å². The van der Waals surface area contributed by atoms with Crippen LogP contribution in [0.15, 0.2) is 35.7 Å². The number of nitrogens with one attached hydrogen (secondary N) is 1. The number of carbonyl (C=O) groups excluding carboxylic acids is 3. The SMILES string of the molecule is CCC(=O)N1CCN(C(=O)c2ccsc2NC(=O)c2ccc(C(C)C)cc2)CC1. The molecule has 0 radical (unpaired) electrons. The molecular formula is C22H27N3O3S. The highest BCUT2D eigenvalue weighted by molar-refractivity contribution is 7.14. The maximum Gasteiger partial charge on any atom is 0.256 e. The first kappa shape index (κ1) is 21.0. The standard InChI is InChI=1S/C22H27N3O3S/c1-4-19(26)24-10-12-25(13-11-24)22(28)18-9-14-29-21(18)23-20(27)17-7-5-16(6-8-17)15(2)3/h5-9,14-15H,4,10-13H2,1-3H3,(H,23,27). The molecule has 1 aliphatic rings. The first-order chi connectivity index (χ1) is 13.9. The van der Waals surface area contributed by atoms with Crippen molar-refractivity contribution in [2.45, 2.75) is 33.1 Å². The van der Waals surface area contributed by atoms with Crippen LogP contribution in [0.25, 0.3) is 0 Å². The third kappa shape index (κ3) is 4.85. The number of rotatable bonds is 5. The van der Waals surface area contributed by atoms with Crippen LogP contribution < -0.4 is 5.32 Å². The fourth-order valence-electron chi connectivity index (χ4n) is 3.32. The molecule has 1 fully saturated rings. The zero-order valence-electron chi connectivity index (χ0n) is 17.1. The summed E-state index contributed by atoms with van der Waals surface area (Å²) in [4.78, 5) is 40.9. The van der Waals surface area contributed by atoms with Gasteiger partial charge >= 0.3 is 0 Å². The Hall–Kier alpha value is -2.67. The van der Waals surface area contributed by atoms with Crippen molar-refractivity contribution in [3.63, 3.8) is 0 Å². The van der Waals surface area contributed by atoms with Crippen molar-refractivity contribution < 1.29 is 14.4 Å². The van der Waals surface area contributed by atoms with Gasteiger partial charge in [0.2, 0.25) is 5.91 Å². The van der Waals surface area contributed by atoms with Crippen molar-refractivity contribution in [2.24, 2.45) is 0 Å². The number of piperazine rings is 1. The lowest BCUT2D eigenvalue weighted by molar-refractivity contribution is -0.132. The summed E-state index contributed by atoms with van der Waals surface area (Å²) in [5, 5.41) is 5.24. The summed E-state index contributed by atoms with van der Waals surface area (Å²) in [7, 11) is 0. The first-order valence-corrected chi connectivity index (χ1v) is 10.8. The van der Waals surface area contributed by atoms with Gasteiger partial charge in [-0.2, -0.15) is 0 Å². The summed E-state index contributed by atoms with van der Waals surface area (Å²) in [5.74, 6) is 0.182. The van der Waals surface area contributed by atoms with E-state index in [1.165, 1.54) is 16.9 Å². The van der Waals surface area contributed by atoms with Gasteiger partial charge in [-0.05, 0) is 35.1 Å². The molecule has 0 bridgehead atoms. The van der Waals surface area contributed by atoms with E-state index >= 15 is 0 Å². The Morgan fingerprint density at radius 2 is 1.62 bits per heavy atom. The molecule has 3 rings (SSSR count). The van der Waals surface area contributed by atoms with Crippen molar-refractivity contribution >= 4 is 34.1 Å². The first-order valence-electron chi connectivity index (χ1n) is 9.96. The van der Waals surface area contributed by atoms with Crippen LogP contribution in [-0.2, 0) is 4.79 Å². The molecule has 1 aliphatic heterocycles. The smallest absolute Gasteiger partial charge is 0.256 e. The molecule has 0 atom stereocenters. The van der Waals surface area contributed by atoms with E-state index in [-0.39, 0.29) is 17.7 Å². The summed E-state index contributed by atoms with van der Waals surface area (Å²) in [5.41, 5.74) is 2.24. The van der Waals surface area contributed by atoms with E-state index in [1.54, 1.807) is 15.9 Å². The predicted octanol–water partition coefficient (Wildman–Crippen LogP) is 3.82. The van der Waals surface area contributed by atoms with Crippen molar-refractivity contribution in [1.29, 1.82) is 0 Å². The van der Waals surface area contributed by atoms with Gasteiger partial charge in [0.05, 0.1) is 5.56 Å². The summed E-state index contributed by atoms with van der Waals surface area (Å²) in [6.07, 6.45) is 0.479. The van der Waals surface area contributed by atoms with Crippen LogP contribution in [0.4, 0.5) is 5.00 Å². The van der Waals surface area contributed by atoms with Gasteiger partial charge in [0.1, 0.15) is 5.00 Å². The van der Waals surface area contributed by atoms with E-state index in [0.717, 1.165) is 0 Å². The van der Waals surface area contributed by atoms with Gasteiger partial charge in [0.25, 0.3) is 11.8 Å². The Morgan fingerprint density at radius 3 is 2.21 bits per heavy atom. The number of thiophene rings is 1. The fraction of sp³-hybridized carbons (Fsp3) is 0.409. The Labute approximate surface area is 175 Å². The van der Waals surface area contributed by atoms with E-state index < -0.39 is 0 Å². The molecule has 1 aromatic carbocycles. The summed E-state index contributed by atoms with van der Waals surface area (Å²) in [6, 6.07) is 9.27. The van der Waals surface area contributed by atoms with E-state index in [4.69, 9.17) is 0 Å². The van der Waals surface area contributed by atoms with Gasteiger partial charge in [-0.15, -0.1) is 11.3 Å². The number of amides is 3. The predicted molar refractivity (Wildman–Crippen MR) is 116 cm³/mol. The monoisotopic (exact) mass is 413 g/mol. The molecule has 0 saturated carbocycles. The molecule has 1 N–H and O–H groups in total. The minimum Gasteiger partial charge on any atom is -0.339 e. The maximum absolute atomic E-state index is 12.9. The average Bonchev–Trinajstić information content (AvgIpc) is 3.20. The molecule has 154 valence electrons. The third-order valence-electron chi connectivity index (χ3n) is 5.18. The van der Waals surface area contributed by atoms with Gasteiger partial charge < -0.3 is 15.1 Å². The molecule has 6 nitrogen and oxygen atoms in total. The molecule has 3 amide bonds. The number of nitrogens with zero attached hydrogens (tertiary/aromatic N) is 2. The minimum atomic E-state index is -0.227. The molecule has 1 aromatic heterocycles. The molecule has 2 heterocycles. The van der Waals surface area contributed by atoms with Gasteiger partial charge in [-0.25, -0.2) is 0 Å². The van der Waals surface area contributed by atoms with Crippen LogP contribution >= 0.6 is 11.3 Å². The number of hydrogen-bond acceptors (Lipinski definition) is 4. The summed E-state index contributed by atoms with van der Waals surface area (Å²) < 4.78 is 0. The number of anilines is 1. The third-order valence-corrected chi connectivity index (χ3v) is 6.01. The van der Waals surface area contributed by atoms with Crippen LogP contribution in [0.2, 0.25) is 0 Å². The van der Waals surface area contributed by atoms with Gasteiger partial charge in [-0.1, -0.05) is 32.9 Å². The van der Waals surface area contributed by atoms with E-state index in [9.17, 15) is 14.4 Å². The van der Waals surface area contributed by atoms with Crippen molar-refractivity contribution in [1.82, 2.24) is 9.80 Å². The number of carbonyl (C=O) groups is 3. The highest BCUT2D eigenvalue weighted by Gasteiger charge is 2.26. The van der Waals surface area contributed by atoms with Gasteiger partial charge in [0.15, 0.2) is 0 Å². The van der Waals surface area contributed by atoms with Crippen LogP contribution in [0.3, 0.4) is 0 Å². The summed E-state index contributed by atoms with van der Waals surface area (Å²) >= 11 is 1.34. The van der Waals surface area contributed by atoms with E-state index in [1.807, 2.05) is 36.6 Å². The quantitative estimate of drug-likeness (QED) is 0.810. The lowest BCUT2D eigenvalue weighted by atomic mass is 10.0. The molecule has 2 aromatic rings. The van der Waals surface area contributed by atoms with Crippen molar-refractivity contribution in [2.75, 3.05) is 31.5 Å². The molecule has 29 heavy (non-hydrogen) atoms. The maximum atomic E-state index is 12.9.